The van der Waals surface area contributed by atoms with E-state index in [1.807, 2.05) is 39.8 Å². The Kier molecular flexibility index (Phi) is 4.16. The molecule has 1 N–H and O–H groups in total. The molecule has 0 aromatic heterocycles. The van der Waals surface area contributed by atoms with E-state index < -0.39 is 0 Å². The normalized spacial score (nSPS) is 17.8. The Morgan fingerprint density at radius 1 is 1.33 bits per heavy atom. The summed E-state index contributed by atoms with van der Waals surface area (Å²) in [5.74, 6) is 0.456. The van der Waals surface area contributed by atoms with Crippen LogP contribution in [0.5, 0.6) is 0 Å². The number of carbonyl (C=O) groups excluding carboxylic acids is 1. The van der Waals surface area contributed by atoms with Crippen molar-refractivity contribution in [2.45, 2.75) is 40.2 Å². The van der Waals surface area contributed by atoms with E-state index in [4.69, 9.17) is 9.73 Å². The number of esters is 1. The molecule has 4 nitrogen and oxygen atoms in total. The molecule has 2 rings (SSSR count). The molecule has 0 atom stereocenters. The Labute approximate surface area is 125 Å². The molecule has 1 aliphatic heterocycles. The summed E-state index contributed by atoms with van der Waals surface area (Å²) in [6.45, 7) is 10.3. The van der Waals surface area contributed by atoms with Crippen LogP contribution in [0.1, 0.15) is 44.4 Å². The number of aliphatic imine (C=N–C) groups is 1. The van der Waals surface area contributed by atoms with Crippen LogP contribution >= 0.6 is 0 Å². The number of nitrogens with one attached hydrogen (secondary N) is 1. The third-order valence-corrected chi connectivity index (χ3v) is 2.97. The van der Waals surface area contributed by atoms with E-state index in [1.54, 1.807) is 6.92 Å². The van der Waals surface area contributed by atoms with Crippen LogP contribution in [0.15, 0.2) is 29.3 Å². The number of benzene rings is 1. The summed E-state index contributed by atoms with van der Waals surface area (Å²) in [7, 11) is 0. The van der Waals surface area contributed by atoms with Crippen molar-refractivity contribution in [1.29, 1.82) is 0 Å². The highest BCUT2D eigenvalue weighted by Gasteiger charge is 2.24. The zero-order chi connectivity index (χ0) is 15.6. The van der Waals surface area contributed by atoms with Crippen LogP contribution in [0, 0.1) is 6.92 Å². The minimum atomic E-state index is -0.343. The first-order valence-corrected chi connectivity index (χ1v) is 7.17. The predicted molar refractivity (Wildman–Crippen MR) is 85.2 cm³/mol. The average Bonchev–Trinajstić information content (AvgIpc) is 2.65. The van der Waals surface area contributed by atoms with Crippen molar-refractivity contribution < 1.29 is 9.53 Å². The molecular formula is C17H22N2O2. The van der Waals surface area contributed by atoms with E-state index in [1.165, 1.54) is 6.08 Å². The molecular weight excluding hydrogens is 264 g/mol. The molecule has 0 fully saturated rings. The van der Waals surface area contributed by atoms with Gasteiger partial charge in [0, 0.05) is 17.2 Å². The van der Waals surface area contributed by atoms with Gasteiger partial charge in [0.15, 0.2) is 0 Å². The Morgan fingerprint density at radius 3 is 2.67 bits per heavy atom. The van der Waals surface area contributed by atoms with Crippen LogP contribution < -0.4 is 5.32 Å². The van der Waals surface area contributed by atoms with Crippen LogP contribution in [0.4, 0.5) is 0 Å². The van der Waals surface area contributed by atoms with Gasteiger partial charge in [0.1, 0.15) is 5.84 Å². The molecule has 1 aromatic rings. The maximum absolute atomic E-state index is 11.7. The smallest absolute Gasteiger partial charge is 0.332 e. The monoisotopic (exact) mass is 286 g/mol. The number of carbonyl (C=O) groups is 1. The van der Waals surface area contributed by atoms with E-state index >= 15 is 0 Å². The molecule has 0 spiro atoms. The summed E-state index contributed by atoms with van der Waals surface area (Å²) in [4.78, 5) is 16.4. The topological polar surface area (TPSA) is 50.7 Å². The van der Waals surface area contributed by atoms with Gasteiger partial charge >= 0.3 is 5.97 Å². The number of hydrogen-bond acceptors (Lipinski definition) is 3. The number of ether oxygens (including phenoxy) is 1. The molecule has 0 bridgehead atoms. The van der Waals surface area contributed by atoms with Crippen molar-refractivity contribution in [3.8, 4) is 0 Å². The maximum Gasteiger partial charge on any atom is 0.332 e. The van der Waals surface area contributed by atoms with E-state index in [0.717, 1.165) is 28.2 Å². The van der Waals surface area contributed by atoms with Gasteiger partial charge in [-0.3, -0.25) is 4.99 Å². The summed E-state index contributed by atoms with van der Waals surface area (Å²) in [6.07, 6.45) is 1.49. The number of hydrogen-bond donors (Lipinski definition) is 1. The lowest BCUT2D eigenvalue weighted by atomic mass is 10.0. The van der Waals surface area contributed by atoms with Crippen molar-refractivity contribution in [1.82, 2.24) is 5.32 Å². The van der Waals surface area contributed by atoms with Crippen LogP contribution in [-0.2, 0) is 9.53 Å². The summed E-state index contributed by atoms with van der Waals surface area (Å²) < 4.78 is 4.99. The summed E-state index contributed by atoms with van der Waals surface area (Å²) in [5.41, 5.74) is 3.71. The Balaban J connectivity index is 2.47. The van der Waals surface area contributed by atoms with E-state index in [0.29, 0.717) is 6.61 Å². The quantitative estimate of drug-likeness (QED) is 0.671. The second-order valence-electron chi connectivity index (χ2n) is 6.12. The molecule has 4 heteroatoms. The van der Waals surface area contributed by atoms with Gasteiger partial charge < -0.3 is 10.1 Å². The molecule has 0 radical (unpaired) electrons. The fourth-order valence-corrected chi connectivity index (χ4v) is 2.19. The predicted octanol–water partition coefficient (Wildman–Crippen LogP) is 3.05. The van der Waals surface area contributed by atoms with Gasteiger partial charge in [-0.1, -0.05) is 17.7 Å². The molecule has 1 aromatic carbocycles. The highest BCUT2D eigenvalue weighted by molar-refractivity contribution is 6.14. The number of fused-ring (bicyclic) bond motifs is 1. The Bertz CT molecular complexity index is 622. The molecule has 0 aliphatic carbocycles. The molecule has 1 aliphatic rings. The minimum absolute atomic E-state index is 0.191. The van der Waals surface area contributed by atoms with Gasteiger partial charge in [0.05, 0.1) is 17.8 Å². The lowest BCUT2D eigenvalue weighted by Gasteiger charge is -2.13. The van der Waals surface area contributed by atoms with E-state index in [2.05, 4.69) is 11.4 Å². The number of nitrogens with zero attached hydrogens (tertiary/aromatic N) is 1. The number of rotatable bonds is 2. The van der Waals surface area contributed by atoms with Crippen LogP contribution in [-0.4, -0.2) is 24.0 Å². The van der Waals surface area contributed by atoms with Crippen LogP contribution in [0.3, 0.4) is 0 Å². The van der Waals surface area contributed by atoms with Crippen molar-refractivity contribution in [2.24, 2.45) is 4.99 Å². The first kappa shape index (κ1) is 15.3. The highest BCUT2D eigenvalue weighted by Crippen LogP contribution is 2.27. The Morgan fingerprint density at radius 2 is 2.05 bits per heavy atom. The van der Waals surface area contributed by atoms with Crippen molar-refractivity contribution in [3.63, 3.8) is 0 Å². The first-order chi connectivity index (χ1) is 9.80. The van der Waals surface area contributed by atoms with Gasteiger partial charge in [0.25, 0.3) is 0 Å². The molecule has 0 saturated heterocycles. The molecule has 0 saturated carbocycles. The number of amidine groups is 1. The van der Waals surface area contributed by atoms with Gasteiger partial charge in [-0.25, -0.2) is 4.79 Å². The molecule has 1 heterocycles. The molecule has 112 valence electrons. The molecule has 0 unspecified atom stereocenters. The van der Waals surface area contributed by atoms with Crippen molar-refractivity contribution in [3.05, 3.63) is 41.0 Å². The Hall–Kier alpha value is -2.10. The van der Waals surface area contributed by atoms with Gasteiger partial charge in [-0.2, -0.15) is 0 Å². The van der Waals surface area contributed by atoms with Crippen molar-refractivity contribution >= 4 is 17.5 Å². The third kappa shape index (κ3) is 3.72. The lowest BCUT2D eigenvalue weighted by molar-refractivity contribution is -0.137. The molecule has 21 heavy (non-hydrogen) atoms. The summed E-state index contributed by atoms with van der Waals surface area (Å²) in [5, 5.41) is 3.24. The highest BCUT2D eigenvalue weighted by atomic mass is 16.5. The van der Waals surface area contributed by atoms with E-state index in [-0.39, 0.29) is 11.5 Å². The van der Waals surface area contributed by atoms with E-state index in [9.17, 15) is 4.79 Å². The third-order valence-electron chi connectivity index (χ3n) is 2.97. The number of aryl methyl sites for hydroxylation is 1. The fourth-order valence-electron chi connectivity index (χ4n) is 2.19. The van der Waals surface area contributed by atoms with Gasteiger partial charge in [-0.15, -0.1) is 0 Å². The summed E-state index contributed by atoms with van der Waals surface area (Å²) >= 11 is 0. The fraction of sp³-hybridized carbons (Fsp3) is 0.412. The zero-order valence-electron chi connectivity index (χ0n) is 13.3. The van der Waals surface area contributed by atoms with Crippen LogP contribution in [0.2, 0.25) is 0 Å². The second-order valence-corrected chi connectivity index (χ2v) is 6.12. The lowest BCUT2D eigenvalue weighted by Crippen LogP contribution is -2.21. The minimum Gasteiger partial charge on any atom is -0.463 e. The zero-order valence-corrected chi connectivity index (χ0v) is 13.3. The van der Waals surface area contributed by atoms with Gasteiger partial charge in [0.2, 0.25) is 0 Å². The standard InChI is InChI=1S/C17H22N2O2/c1-6-21-15(20)10-14-13-9-11(2)7-8-12(13)16(18-14)19-17(3,4)5/h7-10H,6H2,1-5H3,(H,18,19)/b14-10+. The second kappa shape index (κ2) is 5.72. The largest absolute Gasteiger partial charge is 0.463 e. The first-order valence-electron chi connectivity index (χ1n) is 7.17. The SMILES string of the molecule is CCOC(=O)/C=C1/NC(=NC(C)(C)C)c2ccc(C)cc21. The summed E-state index contributed by atoms with van der Waals surface area (Å²) in [6, 6.07) is 6.14. The van der Waals surface area contributed by atoms with Crippen molar-refractivity contribution in [2.75, 3.05) is 6.61 Å². The van der Waals surface area contributed by atoms with Crippen LogP contribution in [0.25, 0.3) is 5.70 Å². The molecule has 0 amide bonds. The van der Waals surface area contributed by atoms with Gasteiger partial charge in [-0.05, 0) is 40.7 Å². The average molecular weight is 286 g/mol. The maximum atomic E-state index is 11.7.